The normalized spacial score (nSPS) is 21.4. The zero-order valence-corrected chi connectivity index (χ0v) is 10.7. The Hall–Kier alpha value is -1.30. The number of amides is 3. The minimum Gasteiger partial charge on any atom is -0.352 e. The van der Waals surface area contributed by atoms with E-state index in [9.17, 15) is 9.59 Å². The molecule has 1 aliphatic carbocycles. The zero-order valence-electron chi connectivity index (χ0n) is 10.7. The average molecular weight is 254 g/mol. The molecule has 0 spiro atoms. The summed E-state index contributed by atoms with van der Waals surface area (Å²) in [5.41, 5.74) is 4.95. The Labute approximate surface area is 107 Å². The largest absolute Gasteiger partial charge is 0.352 e. The third kappa shape index (κ3) is 3.35. The smallest absolute Gasteiger partial charge is 0.312 e. The lowest BCUT2D eigenvalue weighted by atomic mass is 9.91. The van der Waals surface area contributed by atoms with E-state index >= 15 is 0 Å². The molecule has 18 heavy (non-hydrogen) atoms. The topological polar surface area (TPSA) is 78.7 Å². The molecule has 0 aromatic carbocycles. The number of hydrogen-bond acceptors (Lipinski definition) is 3. The third-order valence-corrected chi connectivity index (χ3v) is 3.90. The first-order valence-electron chi connectivity index (χ1n) is 6.72. The van der Waals surface area contributed by atoms with Crippen molar-refractivity contribution in [2.75, 3.05) is 32.7 Å². The monoisotopic (exact) mass is 254 g/mol. The standard InChI is InChI=1S/C12H22N4O2/c13-12(18)14-5-4-11(17)16-8-6-15(7-9-16)10-2-1-3-10/h10H,1-9H2,(H3,13,14,18). The first-order chi connectivity index (χ1) is 8.66. The van der Waals surface area contributed by atoms with Crippen LogP contribution < -0.4 is 11.1 Å². The summed E-state index contributed by atoms with van der Waals surface area (Å²) in [6.45, 7) is 3.92. The maximum atomic E-state index is 11.9. The van der Waals surface area contributed by atoms with Crippen LogP contribution in [0.3, 0.4) is 0 Å². The van der Waals surface area contributed by atoms with Gasteiger partial charge in [0, 0.05) is 45.2 Å². The van der Waals surface area contributed by atoms with Crippen LogP contribution in [0.15, 0.2) is 0 Å². The average Bonchev–Trinajstić information content (AvgIpc) is 2.27. The minimum absolute atomic E-state index is 0.108. The van der Waals surface area contributed by atoms with Gasteiger partial charge in [-0.1, -0.05) is 6.42 Å². The molecule has 2 rings (SSSR count). The van der Waals surface area contributed by atoms with Gasteiger partial charge in [0.25, 0.3) is 0 Å². The summed E-state index contributed by atoms with van der Waals surface area (Å²) in [5, 5.41) is 2.44. The molecule has 1 heterocycles. The second-order valence-corrected chi connectivity index (χ2v) is 5.04. The number of rotatable bonds is 4. The summed E-state index contributed by atoms with van der Waals surface area (Å²) in [6.07, 6.45) is 4.32. The summed E-state index contributed by atoms with van der Waals surface area (Å²) in [7, 11) is 0. The fraction of sp³-hybridized carbons (Fsp3) is 0.833. The van der Waals surface area contributed by atoms with Gasteiger partial charge in [-0.2, -0.15) is 0 Å². The van der Waals surface area contributed by atoms with E-state index < -0.39 is 6.03 Å². The van der Waals surface area contributed by atoms with Crippen LogP contribution in [0.4, 0.5) is 4.79 Å². The van der Waals surface area contributed by atoms with Crippen molar-refractivity contribution in [3.05, 3.63) is 0 Å². The predicted octanol–water partition coefficient (Wildman–Crippen LogP) is -0.258. The van der Waals surface area contributed by atoms with Gasteiger partial charge in [-0.25, -0.2) is 4.79 Å². The highest BCUT2D eigenvalue weighted by atomic mass is 16.2. The van der Waals surface area contributed by atoms with Gasteiger partial charge in [-0.3, -0.25) is 9.69 Å². The van der Waals surface area contributed by atoms with Crippen molar-refractivity contribution in [3.8, 4) is 0 Å². The summed E-state index contributed by atoms with van der Waals surface area (Å²) in [4.78, 5) is 26.7. The molecule has 0 atom stereocenters. The van der Waals surface area contributed by atoms with E-state index in [2.05, 4.69) is 10.2 Å². The SMILES string of the molecule is NC(=O)NCCC(=O)N1CCN(C2CCC2)CC1. The Balaban J connectivity index is 1.65. The molecule has 102 valence electrons. The lowest BCUT2D eigenvalue weighted by Crippen LogP contribution is -2.53. The van der Waals surface area contributed by atoms with Gasteiger partial charge in [0.05, 0.1) is 0 Å². The van der Waals surface area contributed by atoms with Crippen molar-refractivity contribution in [2.45, 2.75) is 31.7 Å². The number of primary amides is 1. The van der Waals surface area contributed by atoms with E-state index in [-0.39, 0.29) is 5.91 Å². The number of urea groups is 1. The first kappa shape index (κ1) is 13.1. The molecule has 0 radical (unpaired) electrons. The van der Waals surface area contributed by atoms with Crippen LogP contribution in [0.2, 0.25) is 0 Å². The number of nitrogens with one attached hydrogen (secondary N) is 1. The maximum absolute atomic E-state index is 11.9. The highest BCUT2D eigenvalue weighted by molar-refractivity contribution is 5.77. The highest BCUT2D eigenvalue weighted by Crippen LogP contribution is 2.25. The maximum Gasteiger partial charge on any atom is 0.312 e. The van der Waals surface area contributed by atoms with Crippen molar-refractivity contribution < 1.29 is 9.59 Å². The van der Waals surface area contributed by atoms with Gasteiger partial charge in [0.15, 0.2) is 0 Å². The Morgan fingerprint density at radius 3 is 2.33 bits per heavy atom. The lowest BCUT2D eigenvalue weighted by Gasteiger charge is -2.43. The molecule has 6 nitrogen and oxygen atoms in total. The molecule has 1 aliphatic heterocycles. The van der Waals surface area contributed by atoms with Crippen LogP contribution in [0, 0.1) is 0 Å². The van der Waals surface area contributed by atoms with Gasteiger partial charge in [-0.05, 0) is 12.8 Å². The number of nitrogens with two attached hydrogens (primary N) is 1. The first-order valence-corrected chi connectivity index (χ1v) is 6.72. The molecular weight excluding hydrogens is 232 g/mol. The van der Waals surface area contributed by atoms with E-state index in [0.717, 1.165) is 32.2 Å². The van der Waals surface area contributed by atoms with Crippen molar-refractivity contribution in [2.24, 2.45) is 5.73 Å². The quantitative estimate of drug-likeness (QED) is 0.725. The van der Waals surface area contributed by atoms with E-state index in [0.29, 0.717) is 13.0 Å². The molecule has 0 aromatic heterocycles. The van der Waals surface area contributed by atoms with Crippen LogP contribution in [0.5, 0.6) is 0 Å². The predicted molar refractivity (Wildman–Crippen MR) is 68.0 cm³/mol. The van der Waals surface area contributed by atoms with Gasteiger partial charge in [0.2, 0.25) is 5.91 Å². The molecule has 6 heteroatoms. The number of carbonyl (C=O) groups is 2. The summed E-state index contributed by atoms with van der Waals surface area (Å²) in [5.74, 6) is 0.108. The van der Waals surface area contributed by atoms with Gasteiger partial charge in [-0.15, -0.1) is 0 Å². The Kier molecular flexibility index (Phi) is 4.41. The Bertz CT molecular complexity index is 309. The van der Waals surface area contributed by atoms with E-state index in [1.165, 1.54) is 19.3 Å². The molecule has 1 saturated carbocycles. The van der Waals surface area contributed by atoms with Crippen LogP contribution >= 0.6 is 0 Å². The molecule has 0 unspecified atom stereocenters. The second kappa shape index (κ2) is 6.04. The van der Waals surface area contributed by atoms with Gasteiger partial charge >= 0.3 is 6.03 Å². The Morgan fingerprint density at radius 1 is 1.17 bits per heavy atom. The summed E-state index contributed by atoms with van der Waals surface area (Å²) >= 11 is 0. The van der Waals surface area contributed by atoms with E-state index in [1.807, 2.05) is 4.90 Å². The van der Waals surface area contributed by atoms with Crippen LogP contribution in [0.1, 0.15) is 25.7 Å². The summed E-state index contributed by atoms with van der Waals surface area (Å²) < 4.78 is 0. The van der Waals surface area contributed by atoms with E-state index in [1.54, 1.807) is 0 Å². The summed E-state index contributed by atoms with van der Waals surface area (Å²) in [6, 6.07) is 0.191. The van der Waals surface area contributed by atoms with Crippen molar-refractivity contribution in [1.82, 2.24) is 15.1 Å². The number of carbonyl (C=O) groups excluding carboxylic acids is 2. The number of piperazine rings is 1. The highest BCUT2D eigenvalue weighted by Gasteiger charge is 2.28. The van der Waals surface area contributed by atoms with Crippen LogP contribution in [0.25, 0.3) is 0 Å². The third-order valence-electron chi connectivity index (χ3n) is 3.90. The minimum atomic E-state index is -0.572. The lowest BCUT2D eigenvalue weighted by molar-refractivity contribution is -0.133. The second-order valence-electron chi connectivity index (χ2n) is 5.04. The number of nitrogens with zero attached hydrogens (tertiary/aromatic N) is 2. The number of hydrogen-bond donors (Lipinski definition) is 2. The Morgan fingerprint density at radius 2 is 1.83 bits per heavy atom. The molecular formula is C12H22N4O2. The molecule has 3 amide bonds. The molecule has 1 saturated heterocycles. The van der Waals surface area contributed by atoms with Crippen LogP contribution in [-0.2, 0) is 4.79 Å². The van der Waals surface area contributed by atoms with Gasteiger partial charge < -0.3 is 16.0 Å². The van der Waals surface area contributed by atoms with Crippen LogP contribution in [-0.4, -0.2) is 60.5 Å². The van der Waals surface area contributed by atoms with Crippen molar-refractivity contribution in [3.63, 3.8) is 0 Å². The van der Waals surface area contributed by atoms with E-state index in [4.69, 9.17) is 5.73 Å². The van der Waals surface area contributed by atoms with Crippen molar-refractivity contribution >= 4 is 11.9 Å². The fourth-order valence-electron chi connectivity index (χ4n) is 2.54. The molecule has 0 aromatic rings. The zero-order chi connectivity index (χ0) is 13.0. The molecule has 0 bridgehead atoms. The van der Waals surface area contributed by atoms with Crippen molar-refractivity contribution in [1.29, 1.82) is 0 Å². The molecule has 2 aliphatic rings. The molecule has 2 fully saturated rings. The molecule has 3 N–H and O–H groups in total. The van der Waals surface area contributed by atoms with Gasteiger partial charge in [0.1, 0.15) is 0 Å². The fourth-order valence-corrected chi connectivity index (χ4v) is 2.54.